The van der Waals surface area contributed by atoms with Crippen LogP contribution in [0.5, 0.6) is 0 Å². The first kappa shape index (κ1) is 14.3. The van der Waals surface area contributed by atoms with Gasteiger partial charge in [-0.15, -0.1) is 0 Å². The van der Waals surface area contributed by atoms with Gasteiger partial charge in [-0.25, -0.2) is 4.98 Å². The number of hydrogen-bond acceptors (Lipinski definition) is 5. The predicted molar refractivity (Wildman–Crippen MR) is 88.4 cm³/mol. The molecule has 3 aromatic heterocycles. The summed E-state index contributed by atoms with van der Waals surface area (Å²) in [5, 5.41) is 5.20. The summed E-state index contributed by atoms with van der Waals surface area (Å²) in [5.41, 5.74) is 2.66. The third-order valence-electron chi connectivity index (χ3n) is 4.38. The molecular formula is C16H17N5OS. The van der Waals surface area contributed by atoms with Gasteiger partial charge >= 0.3 is 0 Å². The van der Waals surface area contributed by atoms with Gasteiger partial charge in [0.2, 0.25) is 0 Å². The number of aryl methyl sites for hydroxylation is 2. The van der Waals surface area contributed by atoms with Crippen LogP contribution in [-0.4, -0.2) is 36.5 Å². The van der Waals surface area contributed by atoms with Crippen LogP contribution in [-0.2, 0) is 7.05 Å². The van der Waals surface area contributed by atoms with E-state index in [0.717, 1.165) is 40.9 Å². The zero-order chi connectivity index (χ0) is 16.0. The average molecular weight is 327 g/mol. The summed E-state index contributed by atoms with van der Waals surface area (Å²) in [5.74, 6) is 0.0383. The van der Waals surface area contributed by atoms with Crippen molar-refractivity contribution in [1.82, 2.24) is 24.0 Å². The zero-order valence-corrected chi connectivity index (χ0v) is 13.9. The molecule has 0 unspecified atom stereocenters. The summed E-state index contributed by atoms with van der Waals surface area (Å²) in [6.45, 7) is 2.72. The molecule has 3 aromatic rings. The fourth-order valence-corrected chi connectivity index (χ4v) is 3.92. The van der Waals surface area contributed by atoms with Crippen molar-refractivity contribution in [3.8, 4) is 0 Å². The van der Waals surface area contributed by atoms with Gasteiger partial charge < -0.3 is 4.90 Å². The molecular weight excluding hydrogens is 310 g/mol. The minimum Gasteiger partial charge on any atom is -0.331 e. The molecule has 0 aliphatic carbocycles. The van der Waals surface area contributed by atoms with Crippen molar-refractivity contribution in [3.63, 3.8) is 0 Å². The Hall–Kier alpha value is -2.28. The van der Waals surface area contributed by atoms with Crippen molar-refractivity contribution in [1.29, 1.82) is 0 Å². The Balaban J connectivity index is 1.67. The van der Waals surface area contributed by atoms with Crippen molar-refractivity contribution in [2.75, 3.05) is 6.54 Å². The second-order valence-electron chi connectivity index (χ2n) is 5.95. The van der Waals surface area contributed by atoms with Gasteiger partial charge in [-0.05, 0) is 37.4 Å². The van der Waals surface area contributed by atoms with Crippen molar-refractivity contribution in [3.05, 3.63) is 41.5 Å². The number of rotatable bonds is 2. The van der Waals surface area contributed by atoms with Crippen LogP contribution in [0.3, 0.4) is 0 Å². The molecule has 0 N–H and O–H groups in total. The molecule has 1 fully saturated rings. The van der Waals surface area contributed by atoms with E-state index in [1.165, 1.54) is 11.5 Å². The molecule has 1 atom stereocenters. The second kappa shape index (κ2) is 5.42. The summed E-state index contributed by atoms with van der Waals surface area (Å²) in [6.07, 6.45) is 7.50. The smallest absolute Gasteiger partial charge is 0.255 e. The molecule has 7 heteroatoms. The van der Waals surface area contributed by atoms with E-state index in [9.17, 15) is 4.79 Å². The average Bonchev–Trinajstić information content (AvgIpc) is 3.26. The lowest BCUT2D eigenvalue weighted by Gasteiger charge is -2.23. The Morgan fingerprint density at radius 1 is 1.39 bits per heavy atom. The lowest BCUT2D eigenvalue weighted by Crippen LogP contribution is -2.30. The molecule has 4 rings (SSSR count). The van der Waals surface area contributed by atoms with Crippen LogP contribution in [0, 0.1) is 6.92 Å². The molecule has 1 amide bonds. The molecule has 4 heterocycles. The summed E-state index contributed by atoms with van der Waals surface area (Å²) < 4.78 is 6.08. The van der Waals surface area contributed by atoms with Crippen molar-refractivity contribution in [2.45, 2.75) is 25.8 Å². The predicted octanol–water partition coefficient (Wildman–Crippen LogP) is 2.71. The highest BCUT2D eigenvalue weighted by Gasteiger charge is 2.31. The third-order valence-corrected chi connectivity index (χ3v) is 5.24. The van der Waals surface area contributed by atoms with Crippen LogP contribution < -0.4 is 0 Å². The Kier molecular flexibility index (Phi) is 3.37. The zero-order valence-electron chi connectivity index (χ0n) is 13.1. The SMILES string of the molecule is Cc1nsc2ncc(C(=O)N3CCC[C@H]3c3cnn(C)c3)cc12. The Morgan fingerprint density at radius 2 is 2.26 bits per heavy atom. The maximum atomic E-state index is 13.0. The van der Waals surface area contributed by atoms with Crippen molar-refractivity contribution < 1.29 is 4.79 Å². The number of carbonyl (C=O) groups is 1. The largest absolute Gasteiger partial charge is 0.331 e. The van der Waals surface area contributed by atoms with E-state index in [1.54, 1.807) is 10.9 Å². The van der Waals surface area contributed by atoms with Crippen LogP contribution in [0.15, 0.2) is 24.7 Å². The van der Waals surface area contributed by atoms with Gasteiger partial charge in [0.15, 0.2) is 0 Å². The van der Waals surface area contributed by atoms with E-state index in [-0.39, 0.29) is 11.9 Å². The Labute approximate surface area is 137 Å². The lowest BCUT2D eigenvalue weighted by atomic mass is 10.1. The molecule has 0 spiro atoms. The summed E-state index contributed by atoms with van der Waals surface area (Å²) in [6, 6.07) is 2.02. The number of likely N-dealkylation sites (tertiary alicyclic amines) is 1. The molecule has 0 aromatic carbocycles. The second-order valence-corrected chi connectivity index (χ2v) is 6.70. The quantitative estimate of drug-likeness (QED) is 0.726. The third kappa shape index (κ3) is 2.41. The van der Waals surface area contributed by atoms with Crippen LogP contribution in [0.25, 0.3) is 10.2 Å². The minimum absolute atomic E-state index is 0.0383. The molecule has 1 saturated heterocycles. The molecule has 23 heavy (non-hydrogen) atoms. The molecule has 6 nitrogen and oxygen atoms in total. The number of amides is 1. The summed E-state index contributed by atoms with van der Waals surface area (Å²) in [4.78, 5) is 20.2. The van der Waals surface area contributed by atoms with Gasteiger partial charge in [-0.3, -0.25) is 9.48 Å². The fourth-order valence-electron chi connectivity index (χ4n) is 3.20. The number of aromatic nitrogens is 4. The lowest BCUT2D eigenvalue weighted by molar-refractivity contribution is 0.0735. The highest BCUT2D eigenvalue weighted by molar-refractivity contribution is 7.12. The monoisotopic (exact) mass is 327 g/mol. The topological polar surface area (TPSA) is 63.9 Å². The van der Waals surface area contributed by atoms with Gasteiger partial charge in [0.25, 0.3) is 5.91 Å². The Morgan fingerprint density at radius 3 is 3.04 bits per heavy atom. The number of nitrogens with zero attached hydrogens (tertiary/aromatic N) is 5. The first-order chi connectivity index (χ1) is 11.1. The first-order valence-corrected chi connectivity index (χ1v) is 8.42. The van der Waals surface area contributed by atoms with Crippen LogP contribution >= 0.6 is 11.5 Å². The van der Waals surface area contributed by atoms with E-state index < -0.39 is 0 Å². The standard InChI is InChI=1S/C16H17N5OS/c1-10-13-6-11(7-17-15(13)23-19-10)16(22)21-5-3-4-14(21)12-8-18-20(2)9-12/h6-9,14H,3-5H2,1-2H3/t14-/m0/s1. The molecule has 1 aliphatic rings. The maximum Gasteiger partial charge on any atom is 0.255 e. The van der Waals surface area contributed by atoms with Gasteiger partial charge in [-0.1, -0.05) is 0 Å². The molecule has 0 radical (unpaired) electrons. The van der Waals surface area contributed by atoms with Gasteiger partial charge in [0, 0.05) is 36.9 Å². The van der Waals surface area contributed by atoms with Gasteiger partial charge in [0.05, 0.1) is 23.5 Å². The van der Waals surface area contributed by atoms with Crippen molar-refractivity contribution >= 4 is 27.7 Å². The highest BCUT2D eigenvalue weighted by Crippen LogP contribution is 2.33. The molecule has 0 saturated carbocycles. The van der Waals surface area contributed by atoms with Crippen LogP contribution in [0.1, 0.15) is 40.5 Å². The normalized spacial score (nSPS) is 18.0. The first-order valence-electron chi connectivity index (χ1n) is 7.65. The van der Waals surface area contributed by atoms with Gasteiger partial charge in [-0.2, -0.15) is 9.47 Å². The van der Waals surface area contributed by atoms with E-state index >= 15 is 0 Å². The van der Waals surface area contributed by atoms with E-state index in [0.29, 0.717) is 5.56 Å². The van der Waals surface area contributed by atoms with E-state index in [2.05, 4.69) is 14.5 Å². The van der Waals surface area contributed by atoms with Crippen LogP contribution in [0.4, 0.5) is 0 Å². The maximum absolute atomic E-state index is 13.0. The van der Waals surface area contributed by atoms with Gasteiger partial charge in [0.1, 0.15) is 4.83 Å². The molecule has 118 valence electrons. The number of hydrogen-bond donors (Lipinski definition) is 0. The summed E-state index contributed by atoms with van der Waals surface area (Å²) in [7, 11) is 1.90. The fraction of sp³-hybridized carbons (Fsp3) is 0.375. The summed E-state index contributed by atoms with van der Waals surface area (Å²) >= 11 is 1.37. The number of fused-ring (bicyclic) bond motifs is 1. The van der Waals surface area contributed by atoms with E-state index in [1.807, 2.05) is 37.3 Å². The van der Waals surface area contributed by atoms with E-state index in [4.69, 9.17) is 0 Å². The Bertz CT molecular complexity index is 884. The number of carbonyl (C=O) groups excluding carboxylic acids is 1. The molecule has 1 aliphatic heterocycles. The highest BCUT2D eigenvalue weighted by atomic mass is 32.1. The minimum atomic E-state index is 0.0383. The van der Waals surface area contributed by atoms with Crippen LogP contribution in [0.2, 0.25) is 0 Å². The number of pyridine rings is 1. The van der Waals surface area contributed by atoms with Crippen molar-refractivity contribution in [2.24, 2.45) is 7.05 Å². The molecule has 0 bridgehead atoms.